The largest absolute Gasteiger partial charge is 0.469 e. The Morgan fingerprint density at radius 1 is 1.26 bits per heavy atom. The fourth-order valence-corrected chi connectivity index (χ4v) is 3.22. The van der Waals surface area contributed by atoms with Crippen LogP contribution < -0.4 is 5.32 Å². The molecular weight excluding hydrogens is 262 g/mol. The van der Waals surface area contributed by atoms with Crippen molar-refractivity contribution >= 4 is 23.2 Å². The Morgan fingerprint density at radius 3 is 2.47 bits per heavy atom. The second-order valence-electron chi connectivity index (χ2n) is 4.96. The highest BCUT2D eigenvalue weighted by atomic mass is 32.1. The van der Waals surface area contributed by atoms with Gasteiger partial charge in [-0.3, -0.25) is 9.59 Å². The predicted molar refractivity (Wildman–Crippen MR) is 74.3 cm³/mol. The number of esters is 1. The van der Waals surface area contributed by atoms with E-state index in [1.54, 1.807) is 0 Å². The number of ether oxygens (including phenoxy) is 1. The molecule has 1 saturated carbocycles. The van der Waals surface area contributed by atoms with Gasteiger partial charge >= 0.3 is 5.97 Å². The average Bonchev–Trinajstić information content (AvgIpc) is 2.85. The summed E-state index contributed by atoms with van der Waals surface area (Å²) in [6.45, 7) is 1.99. The van der Waals surface area contributed by atoms with E-state index in [0.29, 0.717) is 0 Å². The zero-order chi connectivity index (χ0) is 13.8. The molecule has 0 atom stereocenters. The van der Waals surface area contributed by atoms with Gasteiger partial charge < -0.3 is 10.1 Å². The lowest BCUT2D eigenvalue weighted by Gasteiger charge is -2.27. The number of aryl methyl sites for hydroxylation is 1. The first-order valence-corrected chi connectivity index (χ1v) is 7.37. The summed E-state index contributed by atoms with van der Waals surface area (Å²) in [6.07, 6.45) is 3.27. The number of amides is 1. The molecular formula is C14H19NO3S. The van der Waals surface area contributed by atoms with Crippen molar-refractivity contribution in [1.82, 2.24) is 5.32 Å². The van der Waals surface area contributed by atoms with Gasteiger partial charge in [0, 0.05) is 10.9 Å². The van der Waals surface area contributed by atoms with Gasteiger partial charge in [-0.2, -0.15) is 0 Å². The third-order valence-corrected chi connectivity index (χ3v) is 4.56. The van der Waals surface area contributed by atoms with Crippen LogP contribution in [-0.2, 0) is 9.53 Å². The standard InChI is InChI=1S/C14H19NO3S/c1-9-3-8-12(19-9)13(16)15-11-6-4-10(5-7-11)14(17)18-2/h3,8,10-11H,4-7H2,1-2H3,(H,15,16). The van der Waals surface area contributed by atoms with Crippen molar-refractivity contribution in [3.05, 3.63) is 21.9 Å². The fourth-order valence-electron chi connectivity index (χ4n) is 2.45. The lowest BCUT2D eigenvalue weighted by atomic mass is 9.86. The van der Waals surface area contributed by atoms with E-state index in [9.17, 15) is 9.59 Å². The minimum absolute atomic E-state index is 0.000354. The minimum Gasteiger partial charge on any atom is -0.469 e. The van der Waals surface area contributed by atoms with Gasteiger partial charge in [0.15, 0.2) is 0 Å². The number of carbonyl (C=O) groups excluding carboxylic acids is 2. The second kappa shape index (κ2) is 6.19. The number of rotatable bonds is 3. The highest BCUT2D eigenvalue weighted by Crippen LogP contribution is 2.25. The van der Waals surface area contributed by atoms with E-state index < -0.39 is 0 Å². The second-order valence-corrected chi connectivity index (χ2v) is 6.24. The molecule has 19 heavy (non-hydrogen) atoms. The molecule has 5 heteroatoms. The van der Waals surface area contributed by atoms with E-state index in [1.165, 1.54) is 18.4 Å². The maximum absolute atomic E-state index is 12.0. The van der Waals surface area contributed by atoms with Gasteiger partial charge in [0.25, 0.3) is 5.91 Å². The van der Waals surface area contributed by atoms with Crippen LogP contribution in [0, 0.1) is 12.8 Å². The lowest BCUT2D eigenvalue weighted by molar-refractivity contribution is -0.146. The lowest BCUT2D eigenvalue weighted by Crippen LogP contribution is -2.38. The molecule has 104 valence electrons. The van der Waals surface area contributed by atoms with Gasteiger partial charge in [-0.05, 0) is 44.7 Å². The number of methoxy groups -OCH3 is 1. The van der Waals surface area contributed by atoms with Crippen molar-refractivity contribution in [2.45, 2.75) is 38.6 Å². The molecule has 0 bridgehead atoms. The molecule has 1 aliphatic carbocycles. The number of thiophene rings is 1. The smallest absolute Gasteiger partial charge is 0.308 e. The highest BCUT2D eigenvalue weighted by molar-refractivity contribution is 7.13. The number of hydrogen-bond donors (Lipinski definition) is 1. The molecule has 1 aromatic heterocycles. The summed E-state index contributed by atoms with van der Waals surface area (Å²) in [7, 11) is 1.43. The minimum atomic E-state index is -0.126. The maximum Gasteiger partial charge on any atom is 0.308 e. The van der Waals surface area contributed by atoms with Crippen LogP contribution in [-0.4, -0.2) is 25.0 Å². The molecule has 1 amide bonds. The number of hydrogen-bond acceptors (Lipinski definition) is 4. The van der Waals surface area contributed by atoms with E-state index in [-0.39, 0.29) is 23.8 Å². The van der Waals surface area contributed by atoms with Crippen molar-refractivity contribution in [3.63, 3.8) is 0 Å². The third kappa shape index (κ3) is 3.56. The zero-order valence-electron chi connectivity index (χ0n) is 11.3. The monoisotopic (exact) mass is 281 g/mol. The quantitative estimate of drug-likeness (QED) is 0.866. The predicted octanol–water partition coefficient (Wildman–Crippen LogP) is 2.52. The Bertz CT molecular complexity index is 461. The zero-order valence-corrected chi connectivity index (χ0v) is 12.1. The maximum atomic E-state index is 12.0. The fraction of sp³-hybridized carbons (Fsp3) is 0.571. The van der Waals surface area contributed by atoms with E-state index in [1.807, 2.05) is 19.1 Å². The summed E-state index contributed by atoms with van der Waals surface area (Å²) in [6, 6.07) is 3.99. The Kier molecular flexibility index (Phi) is 4.58. The Morgan fingerprint density at radius 2 is 1.95 bits per heavy atom. The van der Waals surface area contributed by atoms with E-state index in [2.05, 4.69) is 5.32 Å². The molecule has 0 unspecified atom stereocenters. The molecule has 0 spiro atoms. The summed E-state index contributed by atoms with van der Waals surface area (Å²) in [5, 5.41) is 3.05. The van der Waals surface area contributed by atoms with Gasteiger partial charge in [-0.1, -0.05) is 0 Å². The Hall–Kier alpha value is -1.36. The molecule has 0 saturated heterocycles. The topological polar surface area (TPSA) is 55.4 Å². The Labute approximate surface area is 117 Å². The summed E-state index contributed by atoms with van der Waals surface area (Å²) in [5.74, 6) is -0.125. The van der Waals surface area contributed by atoms with Crippen LogP contribution in [0.4, 0.5) is 0 Å². The van der Waals surface area contributed by atoms with Crippen LogP contribution in [0.2, 0.25) is 0 Å². The van der Waals surface area contributed by atoms with E-state index in [4.69, 9.17) is 4.74 Å². The SMILES string of the molecule is COC(=O)C1CCC(NC(=O)c2ccc(C)s2)CC1. The van der Waals surface area contributed by atoms with Crippen LogP contribution in [0.25, 0.3) is 0 Å². The average molecular weight is 281 g/mol. The molecule has 2 rings (SSSR count). The van der Waals surface area contributed by atoms with Crippen molar-refractivity contribution in [2.75, 3.05) is 7.11 Å². The highest BCUT2D eigenvalue weighted by Gasteiger charge is 2.27. The van der Waals surface area contributed by atoms with Crippen LogP contribution >= 0.6 is 11.3 Å². The summed E-state index contributed by atoms with van der Waals surface area (Å²) >= 11 is 1.51. The van der Waals surface area contributed by atoms with Crippen LogP contribution in [0.1, 0.15) is 40.2 Å². The molecule has 0 radical (unpaired) electrons. The molecule has 1 heterocycles. The van der Waals surface area contributed by atoms with Crippen molar-refractivity contribution in [1.29, 1.82) is 0 Å². The van der Waals surface area contributed by atoms with E-state index >= 15 is 0 Å². The van der Waals surface area contributed by atoms with E-state index in [0.717, 1.165) is 35.4 Å². The van der Waals surface area contributed by atoms with Crippen molar-refractivity contribution in [2.24, 2.45) is 5.92 Å². The first kappa shape index (κ1) is 14.1. The molecule has 1 aliphatic rings. The van der Waals surface area contributed by atoms with Gasteiger partial charge in [0.05, 0.1) is 17.9 Å². The summed E-state index contributed by atoms with van der Waals surface area (Å²) in [4.78, 5) is 25.3. The molecule has 1 fully saturated rings. The van der Waals surface area contributed by atoms with Gasteiger partial charge in [-0.15, -0.1) is 11.3 Å². The molecule has 0 aromatic carbocycles. The summed E-state index contributed by atoms with van der Waals surface area (Å²) < 4.78 is 4.75. The molecule has 1 aromatic rings. The van der Waals surface area contributed by atoms with Crippen LogP contribution in [0.3, 0.4) is 0 Å². The van der Waals surface area contributed by atoms with Crippen LogP contribution in [0.5, 0.6) is 0 Å². The Balaban J connectivity index is 1.82. The number of carbonyl (C=O) groups is 2. The first-order valence-electron chi connectivity index (χ1n) is 6.55. The van der Waals surface area contributed by atoms with Gasteiger partial charge in [0.2, 0.25) is 0 Å². The first-order chi connectivity index (χ1) is 9.10. The number of nitrogens with one attached hydrogen (secondary N) is 1. The molecule has 1 N–H and O–H groups in total. The summed E-state index contributed by atoms with van der Waals surface area (Å²) in [5.41, 5.74) is 0. The van der Waals surface area contributed by atoms with Crippen LogP contribution in [0.15, 0.2) is 12.1 Å². The van der Waals surface area contributed by atoms with Crippen molar-refractivity contribution in [3.8, 4) is 0 Å². The van der Waals surface area contributed by atoms with Crippen molar-refractivity contribution < 1.29 is 14.3 Å². The normalized spacial score (nSPS) is 22.8. The molecule has 4 nitrogen and oxygen atoms in total. The van der Waals surface area contributed by atoms with Gasteiger partial charge in [0.1, 0.15) is 0 Å². The third-order valence-electron chi connectivity index (χ3n) is 3.56. The van der Waals surface area contributed by atoms with Gasteiger partial charge in [-0.25, -0.2) is 0 Å². The molecule has 0 aliphatic heterocycles.